The fourth-order valence-electron chi connectivity index (χ4n) is 4.21. The van der Waals surface area contributed by atoms with Crippen molar-refractivity contribution in [2.75, 3.05) is 52.9 Å². The number of ether oxygens (including phenoxy) is 3. The van der Waals surface area contributed by atoms with E-state index in [-0.39, 0.29) is 60.8 Å². The SMILES string of the molecule is COCC(=O)N1C[C@@H](C)[C@H](OC)CN(C)C(=O)c2cc(NC(=O)c3ccc(F)cc3)ccc2OC[C@H]1C. The first kappa shape index (κ1) is 28.1. The Morgan fingerprint density at radius 3 is 2.46 bits per heavy atom. The van der Waals surface area contributed by atoms with Gasteiger partial charge in [0, 0.05) is 51.5 Å². The number of carbonyl (C=O) groups is 3. The Kier molecular flexibility index (Phi) is 9.60. The zero-order valence-electron chi connectivity index (χ0n) is 21.8. The van der Waals surface area contributed by atoms with Gasteiger partial charge in [0.2, 0.25) is 5.91 Å². The lowest BCUT2D eigenvalue weighted by Gasteiger charge is -2.36. The molecule has 0 saturated heterocycles. The molecule has 3 amide bonds. The van der Waals surface area contributed by atoms with Gasteiger partial charge in [-0.3, -0.25) is 14.4 Å². The maximum absolute atomic E-state index is 13.5. The van der Waals surface area contributed by atoms with E-state index in [2.05, 4.69) is 5.32 Å². The average Bonchev–Trinajstić information content (AvgIpc) is 2.88. The van der Waals surface area contributed by atoms with Gasteiger partial charge in [-0.2, -0.15) is 0 Å². The van der Waals surface area contributed by atoms with Crippen molar-refractivity contribution in [1.29, 1.82) is 0 Å². The summed E-state index contributed by atoms with van der Waals surface area (Å²) in [5, 5.41) is 2.74. The quantitative estimate of drug-likeness (QED) is 0.658. The summed E-state index contributed by atoms with van der Waals surface area (Å²) in [7, 11) is 4.72. The van der Waals surface area contributed by atoms with Gasteiger partial charge in [0.15, 0.2) is 0 Å². The maximum atomic E-state index is 13.5. The predicted octanol–water partition coefficient (Wildman–Crippen LogP) is 3.06. The van der Waals surface area contributed by atoms with Crippen molar-refractivity contribution in [3.05, 3.63) is 59.4 Å². The third-order valence-electron chi connectivity index (χ3n) is 6.40. The molecule has 3 rings (SSSR count). The molecule has 2 aromatic carbocycles. The van der Waals surface area contributed by atoms with E-state index >= 15 is 0 Å². The summed E-state index contributed by atoms with van der Waals surface area (Å²) in [5.41, 5.74) is 0.914. The third kappa shape index (κ3) is 7.05. The first-order valence-electron chi connectivity index (χ1n) is 12.0. The molecule has 1 N–H and O–H groups in total. The summed E-state index contributed by atoms with van der Waals surface area (Å²) >= 11 is 0. The fraction of sp³-hybridized carbons (Fsp3) is 0.444. The van der Waals surface area contributed by atoms with E-state index in [9.17, 15) is 18.8 Å². The number of benzene rings is 2. The summed E-state index contributed by atoms with van der Waals surface area (Å²) < 4.78 is 30.0. The number of hydrogen-bond acceptors (Lipinski definition) is 6. The average molecular weight is 516 g/mol. The minimum atomic E-state index is -0.442. The predicted molar refractivity (Wildman–Crippen MR) is 136 cm³/mol. The highest BCUT2D eigenvalue weighted by Gasteiger charge is 2.30. The molecule has 37 heavy (non-hydrogen) atoms. The van der Waals surface area contributed by atoms with Crippen molar-refractivity contribution >= 4 is 23.4 Å². The third-order valence-corrected chi connectivity index (χ3v) is 6.40. The van der Waals surface area contributed by atoms with Crippen LogP contribution in [0.15, 0.2) is 42.5 Å². The molecule has 0 radical (unpaired) electrons. The highest BCUT2D eigenvalue weighted by Crippen LogP contribution is 2.27. The van der Waals surface area contributed by atoms with Crippen molar-refractivity contribution in [2.24, 2.45) is 5.92 Å². The van der Waals surface area contributed by atoms with Crippen LogP contribution in [0, 0.1) is 11.7 Å². The molecule has 0 aromatic heterocycles. The van der Waals surface area contributed by atoms with Crippen LogP contribution in [0.25, 0.3) is 0 Å². The number of nitrogens with zero attached hydrogens (tertiary/aromatic N) is 2. The summed E-state index contributed by atoms with van der Waals surface area (Å²) in [5.74, 6) is -1.11. The molecule has 0 spiro atoms. The van der Waals surface area contributed by atoms with Crippen LogP contribution in [0.2, 0.25) is 0 Å². The van der Waals surface area contributed by atoms with Gasteiger partial charge in [-0.15, -0.1) is 0 Å². The molecule has 0 fully saturated rings. The van der Waals surface area contributed by atoms with Crippen molar-refractivity contribution < 1.29 is 33.0 Å². The van der Waals surface area contributed by atoms with E-state index in [1.54, 1.807) is 37.3 Å². The molecule has 0 bridgehead atoms. The largest absolute Gasteiger partial charge is 0.491 e. The summed E-state index contributed by atoms with van der Waals surface area (Å²) in [6, 6.07) is 9.64. The van der Waals surface area contributed by atoms with Crippen LogP contribution < -0.4 is 10.1 Å². The van der Waals surface area contributed by atoms with Crippen molar-refractivity contribution in [3.8, 4) is 5.75 Å². The lowest BCUT2D eigenvalue weighted by Crippen LogP contribution is -2.49. The van der Waals surface area contributed by atoms with E-state index in [1.165, 1.54) is 36.3 Å². The van der Waals surface area contributed by atoms with Crippen molar-refractivity contribution in [3.63, 3.8) is 0 Å². The van der Waals surface area contributed by atoms with Crippen LogP contribution >= 0.6 is 0 Å². The van der Waals surface area contributed by atoms with Gasteiger partial charge in [-0.1, -0.05) is 6.92 Å². The molecule has 1 aliphatic rings. The number of carbonyl (C=O) groups excluding carboxylic acids is 3. The molecule has 9 nitrogen and oxygen atoms in total. The van der Waals surface area contributed by atoms with Crippen molar-refractivity contribution in [2.45, 2.75) is 26.0 Å². The smallest absolute Gasteiger partial charge is 0.257 e. The van der Waals surface area contributed by atoms with Gasteiger partial charge < -0.3 is 29.3 Å². The number of amides is 3. The number of methoxy groups -OCH3 is 2. The molecule has 3 atom stereocenters. The molecule has 2 aromatic rings. The van der Waals surface area contributed by atoms with Crippen LogP contribution in [-0.2, 0) is 14.3 Å². The number of nitrogens with one attached hydrogen (secondary N) is 1. The molecule has 0 unspecified atom stereocenters. The topological polar surface area (TPSA) is 97.4 Å². The Hall–Kier alpha value is -3.50. The first-order valence-corrected chi connectivity index (χ1v) is 12.0. The number of fused-ring (bicyclic) bond motifs is 1. The Labute approximate surface area is 216 Å². The van der Waals surface area contributed by atoms with Gasteiger partial charge in [0.25, 0.3) is 11.8 Å². The molecular formula is C27H34FN3O6. The summed E-state index contributed by atoms with van der Waals surface area (Å²) in [6.07, 6.45) is -0.329. The fourth-order valence-corrected chi connectivity index (χ4v) is 4.21. The van der Waals surface area contributed by atoms with Gasteiger partial charge in [-0.25, -0.2) is 4.39 Å². The standard InChI is InChI=1S/C27H34FN3O6/c1-17-13-31(25(32)16-35-4)18(2)15-37-23-11-10-21(29-26(33)19-6-8-20(28)9-7-19)12-22(23)27(34)30(3)14-24(17)36-5/h6-12,17-18,24H,13-16H2,1-5H3,(H,29,33)/t17-,18-,24-/m1/s1. The number of rotatable bonds is 5. The Balaban J connectivity index is 1.93. The number of hydrogen-bond donors (Lipinski definition) is 1. The van der Waals surface area contributed by atoms with E-state index in [0.717, 1.165) is 0 Å². The van der Waals surface area contributed by atoms with Crippen LogP contribution in [-0.4, -0.2) is 87.2 Å². The van der Waals surface area contributed by atoms with Gasteiger partial charge in [-0.05, 0) is 49.4 Å². The van der Waals surface area contributed by atoms with Crippen molar-refractivity contribution in [1.82, 2.24) is 9.80 Å². The maximum Gasteiger partial charge on any atom is 0.257 e. The van der Waals surface area contributed by atoms with Crippen LogP contribution in [0.5, 0.6) is 5.75 Å². The number of anilines is 1. The lowest BCUT2D eigenvalue weighted by molar-refractivity contribution is -0.139. The Bertz CT molecular complexity index is 1110. The van der Waals surface area contributed by atoms with E-state index < -0.39 is 11.7 Å². The van der Waals surface area contributed by atoms with E-state index in [4.69, 9.17) is 14.2 Å². The first-order chi connectivity index (χ1) is 17.6. The second-order valence-corrected chi connectivity index (χ2v) is 9.25. The van der Waals surface area contributed by atoms with Gasteiger partial charge in [0.05, 0.1) is 17.7 Å². The highest BCUT2D eigenvalue weighted by atomic mass is 19.1. The zero-order valence-corrected chi connectivity index (χ0v) is 21.8. The Morgan fingerprint density at radius 2 is 1.81 bits per heavy atom. The number of halogens is 1. The monoisotopic (exact) mass is 515 g/mol. The summed E-state index contributed by atoms with van der Waals surface area (Å²) in [6.45, 7) is 4.62. The number of likely N-dealkylation sites (N-methyl/N-ethyl adjacent to an activating group) is 1. The second-order valence-electron chi connectivity index (χ2n) is 9.25. The van der Waals surface area contributed by atoms with Crippen LogP contribution in [0.4, 0.5) is 10.1 Å². The van der Waals surface area contributed by atoms with E-state index in [1.807, 2.05) is 13.8 Å². The molecular weight excluding hydrogens is 481 g/mol. The lowest BCUT2D eigenvalue weighted by atomic mass is 10.0. The van der Waals surface area contributed by atoms with Gasteiger partial charge >= 0.3 is 0 Å². The Morgan fingerprint density at radius 1 is 1.11 bits per heavy atom. The molecule has 1 aliphatic heterocycles. The normalized spacial score (nSPS) is 20.8. The van der Waals surface area contributed by atoms with Crippen LogP contribution in [0.3, 0.4) is 0 Å². The highest BCUT2D eigenvalue weighted by molar-refractivity contribution is 6.05. The zero-order chi connectivity index (χ0) is 27.1. The molecule has 200 valence electrons. The minimum Gasteiger partial charge on any atom is -0.491 e. The molecule has 10 heteroatoms. The van der Waals surface area contributed by atoms with E-state index in [0.29, 0.717) is 18.0 Å². The molecule has 0 saturated carbocycles. The van der Waals surface area contributed by atoms with Gasteiger partial charge in [0.1, 0.15) is 24.8 Å². The summed E-state index contributed by atoms with van der Waals surface area (Å²) in [4.78, 5) is 42.1. The molecule has 1 heterocycles. The minimum absolute atomic E-state index is 0.0548. The van der Waals surface area contributed by atoms with Crippen LogP contribution in [0.1, 0.15) is 34.6 Å². The second kappa shape index (κ2) is 12.6. The molecule has 0 aliphatic carbocycles.